The number of nitro groups is 1. The van der Waals surface area contributed by atoms with E-state index < -0.39 is 25.9 Å². The van der Waals surface area contributed by atoms with Crippen molar-refractivity contribution in [3.8, 4) is 0 Å². The third-order valence-electron chi connectivity index (χ3n) is 4.84. The van der Waals surface area contributed by atoms with Gasteiger partial charge in [0.05, 0.1) is 38.3 Å². The number of non-ortho nitro benzene ring substituents is 1. The number of amides is 1. The predicted octanol–water partition coefficient (Wildman–Crippen LogP) is 3.11. The Morgan fingerprint density at radius 3 is 2.50 bits per heavy atom. The zero-order valence-electron chi connectivity index (χ0n) is 17.8. The highest BCUT2D eigenvalue weighted by Gasteiger charge is 2.19. The Morgan fingerprint density at radius 1 is 1.22 bits per heavy atom. The van der Waals surface area contributed by atoms with Gasteiger partial charge in [0, 0.05) is 25.8 Å². The predicted molar refractivity (Wildman–Crippen MR) is 121 cm³/mol. The second kappa shape index (κ2) is 9.72. The Hall–Kier alpha value is -2.89. The highest BCUT2D eigenvalue weighted by atomic mass is 32.2. The highest BCUT2D eigenvalue weighted by molar-refractivity contribution is 7.92. The second-order valence-corrected chi connectivity index (χ2v) is 10.9. The first-order valence-corrected chi connectivity index (χ1v) is 12.2. The fourth-order valence-corrected chi connectivity index (χ4v) is 5.22. The lowest BCUT2D eigenvalue weighted by atomic mass is 10.1. The maximum absolute atomic E-state index is 12.6. The van der Waals surface area contributed by atoms with Gasteiger partial charge in [0.1, 0.15) is 0 Å². The summed E-state index contributed by atoms with van der Waals surface area (Å²) in [5.74, 6) is -0.406. The zero-order valence-corrected chi connectivity index (χ0v) is 19.5. The van der Waals surface area contributed by atoms with Crippen molar-refractivity contribution >= 4 is 43.0 Å². The van der Waals surface area contributed by atoms with E-state index in [1.807, 2.05) is 0 Å². The Bertz CT molecular complexity index is 1320. The third kappa shape index (κ3) is 5.12. The molecule has 3 aromatic rings. The Labute approximate surface area is 189 Å². The van der Waals surface area contributed by atoms with E-state index in [-0.39, 0.29) is 17.0 Å². The van der Waals surface area contributed by atoms with Gasteiger partial charge in [-0.1, -0.05) is 23.5 Å². The molecule has 0 aliphatic rings. The highest BCUT2D eigenvalue weighted by Crippen LogP contribution is 2.23. The standard InChI is InChI=1S/C21H23N3O6S2/c1-14(2)32(28,29)17-7-4-15(5-8-17)12-20(25)22-21-23(10-11-30-3)18-9-6-16(24(26)27)13-19(18)31-21/h4-9,13-14H,10-12H2,1-3H3. The van der Waals surface area contributed by atoms with Crippen LogP contribution in [0.2, 0.25) is 0 Å². The number of aromatic nitrogens is 1. The van der Waals surface area contributed by atoms with Crippen molar-refractivity contribution in [3.63, 3.8) is 0 Å². The van der Waals surface area contributed by atoms with Crippen LogP contribution < -0.4 is 4.80 Å². The molecule has 170 valence electrons. The van der Waals surface area contributed by atoms with Gasteiger partial charge in [-0.25, -0.2) is 8.42 Å². The normalized spacial score (nSPS) is 12.6. The van der Waals surface area contributed by atoms with E-state index in [2.05, 4.69) is 4.99 Å². The number of hydrogen-bond donors (Lipinski definition) is 0. The number of rotatable bonds is 8. The van der Waals surface area contributed by atoms with Gasteiger partial charge >= 0.3 is 0 Å². The smallest absolute Gasteiger partial charge is 0.270 e. The van der Waals surface area contributed by atoms with Crippen molar-refractivity contribution in [2.75, 3.05) is 13.7 Å². The van der Waals surface area contributed by atoms with Gasteiger partial charge in [-0.05, 0) is 37.6 Å². The molecule has 2 aromatic carbocycles. The first kappa shape index (κ1) is 23.8. The molecule has 0 aliphatic carbocycles. The van der Waals surface area contributed by atoms with E-state index >= 15 is 0 Å². The number of carbonyl (C=O) groups is 1. The fourth-order valence-electron chi connectivity index (χ4n) is 3.05. The van der Waals surface area contributed by atoms with Crippen LogP contribution in [0.3, 0.4) is 0 Å². The van der Waals surface area contributed by atoms with Crippen LogP contribution in [0.15, 0.2) is 52.4 Å². The van der Waals surface area contributed by atoms with Crippen molar-refractivity contribution < 1.29 is 22.9 Å². The average Bonchev–Trinajstić information content (AvgIpc) is 3.08. The molecule has 1 aromatic heterocycles. The molecule has 0 radical (unpaired) electrons. The minimum absolute atomic E-state index is 0.000672. The maximum Gasteiger partial charge on any atom is 0.270 e. The van der Waals surface area contributed by atoms with Gasteiger partial charge in [0.2, 0.25) is 0 Å². The number of carbonyl (C=O) groups excluding carboxylic acids is 1. The number of fused-ring (bicyclic) bond motifs is 1. The van der Waals surface area contributed by atoms with Crippen molar-refractivity contribution in [1.82, 2.24) is 4.57 Å². The number of hydrogen-bond acceptors (Lipinski definition) is 7. The Morgan fingerprint density at radius 2 is 1.91 bits per heavy atom. The Balaban J connectivity index is 1.92. The van der Waals surface area contributed by atoms with Gasteiger partial charge < -0.3 is 9.30 Å². The monoisotopic (exact) mass is 477 g/mol. The minimum atomic E-state index is -3.38. The molecule has 11 heteroatoms. The molecule has 1 heterocycles. The summed E-state index contributed by atoms with van der Waals surface area (Å²) < 4.78 is 32.1. The first-order chi connectivity index (χ1) is 15.1. The van der Waals surface area contributed by atoms with Crippen LogP contribution in [-0.4, -0.2) is 42.8 Å². The molecule has 1 amide bonds. The quantitative estimate of drug-likeness (QED) is 0.363. The molecule has 0 saturated heterocycles. The van der Waals surface area contributed by atoms with Crippen molar-refractivity contribution in [2.24, 2.45) is 4.99 Å². The largest absolute Gasteiger partial charge is 0.383 e. The van der Waals surface area contributed by atoms with E-state index in [0.29, 0.717) is 28.2 Å². The van der Waals surface area contributed by atoms with Crippen LogP contribution in [0, 0.1) is 10.1 Å². The summed E-state index contributed by atoms with van der Waals surface area (Å²) in [6.07, 6.45) is 0.000672. The van der Waals surface area contributed by atoms with E-state index in [0.717, 1.165) is 5.52 Å². The molecule has 32 heavy (non-hydrogen) atoms. The summed E-state index contributed by atoms with van der Waals surface area (Å²) in [6, 6.07) is 10.7. The molecule has 0 N–H and O–H groups in total. The molecule has 0 saturated carbocycles. The van der Waals surface area contributed by atoms with Crippen molar-refractivity contribution in [3.05, 3.63) is 62.9 Å². The average molecular weight is 478 g/mol. The number of methoxy groups -OCH3 is 1. The molecule has 0 unspecified atom stereocenters. The number of thiazole rings is 1. The lowest BCUT2D eigenvalue weighted by Crippen LogP contribution is -2.19. The summed E-state index contributed by atoms with van der Waals surface area (Å²) >= 11 is 1.19. The van der Waals surface area contributed by atoms with Crippen molar-refractivity contribution in [2.45, 2.75) is 37.0 Å². The van der Waals surface area contributed by atoms with Gasteiger partial charge in [-0.2, -0.15) is 4.99 Å². The van der Waals surface area contributed by atoms with Crippen LogP contribution in [0.25, 0.3) is 10.2 Å². The lowest BCUT2D eigenvalue weighted by Gasteiger charge is -2.08. The number of nitro benzene ring substituents is 1. The van der Waals surface area contributed by atoms with Gasteiger partial charge in [0.25, 0.3) is 11.6 Å². The SMILES string of the molecule is COCCn1c(=NC(=O)Cc2ccc(S(=O)(=O)C(C)C)cc2)sc2cc([N+](=O)[O-])ccc21. The van der Waals surface area contributed by atoms with Crippen LogP contribution in [0.5, 0.6) is 0 Å². The summed E-state index contributed by atoms with van der Waals surface area (Å²) in [5, 5.41) is 10.5. The molecule has 9 nitrogen and oxygen atoms in total. The van der Waals surface area contributed by atoms with Gasteiger partial charge in [-0.15, -0.1) is 0 Å². The third-order valence-corrected chi connectivity index (χ3v) is 8.06. The van der Waals surface area contributed by atoms with Gasteiger partial charge in [-0.3, -0.25) is 14.9 Å². The van der Waals surface area contributed by atoms with E-state index in [1.165, 1.54) is 35.6 Å². The molecule has 0 fully saturated rings. The first-order valence-electron chi connectivity index (χ1n) is 9.80. The number of nitrogens with zero attached hydrogens (tertiary/aromatic N) is 3. The summed E-state index contributed by atoms with van der Waals surface area (Å²) in [5.41, 5.74) is 1.33. The van der Waals surface area contributed by atoms with Crippen LogP contribution in [0.1, 0.15) is 19.4 Å². The second-order valence-electron chi connectivity index (χ2n) is 7.36. The molecular weight excluding hydrogens is 454 g/mol. The number of sulfone groups is 1. The molecule has 0 aliphatic heterocycles. The van der Waals surface area contributed by atoms with Gasteiger partial charge in [0.15, 0.2) is 14.6 Å². The molecule has 0 bridgehead atoms. The maximum atomic E-state index is 12.6. The summed E-state index contributed by atoms with van der Waals surface area (Å²) in [4.78, 5) is 28.1. The summed E-state index contributed by atoms with van der Waals surface area (Å²) in [6.45, 7) is 4.05. The number of ether oxygens (including phenoxy) is 1. The van der Waals surface area contributed by atoms with E-state index in [9.17, 15) is 23.3 Å². The zero-order chi connectivity index (χ0) is 23.5. The molecule has 3 rings (SSSR count). The van der Waals surface area contributed by atoms with Crippen LogP contribution >= 0.6 is 11.3 Å². The molecule has 0 spiro atoms. The molecular formula is C21H23N3O6S2. The topological polar surface area (TPSA) is 121 Å². The minimum Gasteiger partial charge on any atom is -0.383 e. The fraction of sp³-hybridized carbons (Fsp3) is 0.333. The Kier molecular flexibility index (Phi) is 7.22. The van der Waals surface area contributed by atoms with Crippen LogP contribution in [-0.2, 0) is 32.3 Å². The summed E-state index contributed by atoms with van der Waals surface area (Å²) in [7, 11) is -1.82. The number of benzene rings is 2. The van der Waals surface area contributed by atoms with E-state index in [4.69, 9.17) is 4.74 Å². The lowest BCUT2D eigenvalue weighted by molar-refractivity contribution is -0.384. The van der Waals surface area contributed by atoms with E-state index in [1.54, 1.807) is 43.7 Å². The van der Waals surface area contributed by atoms with Crippen LogP contribution in [0.4, 0.5) is 5.69 Å². The van der Waals surface area contributed by atoms with Crippen molar-refractivity contribution in [1.29, 1.82) is 0 Å². The molecule has 0 atom stereocenters.